The van der Waals surface area contributed by atoms with Crippen LogP contribution in [-0.4, -0.2) is 34.2 Å². The molecule has 1 N–H and O–H groups in total. The van der Waals surface area contributed by atoms with Gasteiger partial charge in [0.25, 0.3) is 0 Å². The van der Waals surface area contributed by atoms with E-state index in [1.807, 2.05) is 36.0 Å². The Labute approximate surface area is 114 Å². The van der Waals surface area contributed by atoms with Crippen LogP contribution in [0.4, 0.5) is 0 Å². The number of ether oxygens (including phenoxy) is 1. The molecule has 1 aromatic heterocycles. The molecule has 4 nitrogen and oxygen atoms in total. The fraction of sp³-hybridized carbons (Fsp3) is 0.533. The lowest BCUT2D eigenvalue weighted by Crippen LogP contribution is -2.30. The standard InChI is InChI=1S/C15H22N2O2/c1-4-7-15(19-3)14(18)10-12-11-8-5-6-9-13(11)17(2)16-12/h5-6,8-9,14-15,18H,4,7,10H2,1-3H3. The number of fused-ring (bicyclic) bond motifs is 1. The zero-order valence-corrected chi connectivity index (χ0v) is 11.8. The molecule has 0 bridgehead atoms. The summed E-state index contributed by atoms with van der Waals surface area (Å²) >= 11 is 0. The summed E-state index contributed by atoms with van der Waals surface area (Å²) in [5, 5.41) is 15.9. The van der Waals surface area contributed by atoms with Gasteiger partial charge in [-0.15, -0.1) is 0 Å². The lowest BCUT2D eigenvalue weighted by atomic mass is 10.0. The van der Waals surface area contributed by atoms with Crippen molar-refractivity contribution in [1.29, 1.82) is 0 Å². The Kier molecular flexibility index (Phi) is 4.56. The molecule has 0 spiro atoms. The van der Waals surface area contributed by atoms with Crippen LogP contribution in [0.5, 0.6) is 0 Å². The molecular formula is C15H22N2O2. The number of methoxy groups -OCH3 is 1. The second-order valence-corrected chi connectivity index (χ2v) is 4.92. The number of nitrogens with zero attached hydrogens (tertiary/aromatic N) is 2. The van der Waals surface area contributed by atoms with Crippen LogP contribution in [0.1, 0.15) is 25.5 Å². The fourth-order valence-corrected chi connectivity index (χ4v) is 2.52. The molecule has 4 heteroatoms. The highest BCUT2D eigenvalue weighted by molar-refractivity contribution is 5.81. The van der Waals surface area contributed by atoms with Gasteiger partial charge in [-0.05, 0) is 12.5 Å². The van der Waals surface area contributed by atoms with E-state index in [-0.39, 0.29) is 6.10 Å². The molecule has 0 saturated carbocycles. The monoisotopic (exact) mass is 262 g/mol. The second kappa shape index (κ2) is 6.17. The van der Waals surface area contributed by atoms with Gasteiger partial charge in [-0.3, -0.25) is 4.68 Å². The van der Waals surface area contributed by atoms with Crippen LogP contribution < -0.4 is 0 Å². The quantitative estimate of drug-likeness (QED) is 0.869. The molecule has 104 valence electrons. The summed E-state index contributed by atoms with van der Waals surface area (Å²) in [7, 11) is 3.58. The predicted octanol–water partition coefficient (Wildman–Crippen LogP) is 2.29. The number of aliphatic hydroxyl groups is 1. The maximum Gasteiger partial charge on any atom is 0.0857 e. The van der Waals surface area contributed by atoms with E-state index >= 15 is 0 Å². The van der Waals surface area contributed by atoms with Crippen molar-refractivity contribution >= 4 is 10.9 Å². The molecular weight excluding hydrogens is 240 g/mol. The Morgan fingerprint density at radius 2 is 2.11 bits per heavy atom. The third-order valence-corrected chi connectivity index (χ3v) is 3.54. The van der Waals surface area contributed by atoms with Crippen molar-refractivity contribution in [3.05, 3.63) is 30.0 Å². The van der Waals surface area contributed by atoms with Crippen molar-refractivity contribution in [3.8, 4) is 0 Å². The highest BCUT2D eigenvalue weighted by atomic mass is 16.5. The van der Waals surface area contributed by atoms with E-state index in [0.717, 1.165) is 29.4 Å². The SMILES string of the molecule is CCCC(OC)C(O)Cc1nn(C)c2ccccc12. The minimum absolute atomic E-state index is 0.120. The molecule has 2 rings (SSSR count). The van der Waals surface area contributed by atoms with Gasteiger partial charge in [-0.2, -0.15) is 5.10 Å². The average molecular weight is 262 g/mol. The van der Waals surface area contributed by atoms with Crippen molar-refractivity contribution in [2.45, 2.75) is 38.4 Å². The van der Waals surface area contributed by atoms with E-state index < -0.39 is 6.10 Å². The Morgan fingerprint density at radius 1 is 1.37 bits per heavy atom. The van der Waals surface area contributed by atoms with Crippen molar-refractivity contribution < 1.29 is 9.84 Å². The van der Waals surface area contributed by atoms with Crippen LogP contribution in [0.2, 0.25) is 0 Å². The summed E-state index contributed by atoms with van der Waals surface area (Å²) in [6.45, 7) is 2.09. The third kappa shape index (κ3) is 2.96. The number of rotatable bonds is 6. The molecule has 0 fully saturated rings. The molecule has 0 amide bonds. The molecule has 2 aromatic rings. The van der Waals surface area contributed by atoms with Gasteiger partial charge < -0.3 is 9.84 Å². The summed E-state index contributed by atoms with van der Waals surface area (Å²) < 4.78 is 7.22. The molecule has 1 aromatic carbocycles. The average Bonchev–Trinajstić information content (AvgIpc) is 2.73. The summed E-state index contributed by atoms with van der Waals surface area (Å²) in [5.74, 6) is 0. The zero-order valence-electron chi connectivity index (χ0n) is 11.8. The fourth-order valence-electron chi connectivity index (χ4n) is 2.52. The van der Waals surface area contributed by atoms with Gasteiger partial charge in [-0.1, -0.05) is 31.5 Å². The number of para-hydroxylation sites is 1. The van der Waals surface area contributed by atoms with E-state index in [1.165, 1.54) is 0 Å². The minimum Gasteiger partial charge on any atom is -0.390 e. The van der Waals surface area contributed by atoms with Gasteiger partial charge in [0, 0.05) is 26.0 Å². The number of benzene rings is 1. The first-order valence-corrected chi connectivity index (χ1v) is 6.78. The molecule has 0 aliphatic rings. The number of hydrogen-bond donors (Lipinski definition) is 1. The Morgan fingerprint density at radius 3 is 2.79 bits per heavy atom. The van der Waals surface area contributed by atoms with Crippen molar-refractivity contribution in [2.75, 3.05) is 7.11 Å². The van der Waals surface area contributed by atoms with Gasteiger partial charge in [-0.25, -0.2) is 0 Å². The number of hydrogen-bond acceptors (Lipinski definition) is 3. The Bertz CT molecular complexity index is 536. The van der Waals surface area contributed by atoms with Gasteiger partial charge in [0.15, 0.2) is 0 Å². The summed E-state index contributed by atoms with van der Waals surface area (Å²) in [6, 6.07) is 8.09. The van der Waals surface area contributed by atoms with Crippen LogP contribution in [0.15, 0.2) is 24.3 Å². The van der Waals surface area contributed by atoms with Crippen molar-refractivity contribution in [3.63, 3.8) is 0 Å². The Balaban J connectivity index is 2.21. The van der Waals surface area contributed by atoms with Crippen molar-refractivity contribution in [2.24, 2.45) is 7.05 Å². The smallest absolute Gasteiger partial charge is 0.0857 e. The first-order valence-electron chi connectivity index (χ1n) is 6.78. The van der Waals surface area contributed by atoms with E-state index in [9.17, 15) is 5.11 Å². The molecule has 19 heavy (non-hydrogen) atoms. The van der Waals surface area contributed by atoms with Crippen LogP contribution in [0.25, 0.3) is 10.9 Å². The van der Waals surface area contributed by atoms with E-state index in [0.29, 0.717) is 6.42 Å². The van der Waals surface area contributed by atoms with Gasteiger partial charge in [0.05, 0.1) is 23.4 Å². The largest absolute Gasteiger partial charge is 0.390 e. The molecule has 0 radical (unpaired) electrons. The van der Waals surface area contributed by atoms with Crippen LogP contribution in [0, 0.1) is 0 Å². The summed E-state index contributed by atoms with van der Waals surface area (Å²) in [5.41, 5.74) is 2.03. The first kappa shape index (κ1) is 14.0. The highest BCUT2D eigenvalue weighted by Crippen LogP contribution is 2.20. The minimum atomic E-state index is -0.511. The molecule has 1 heterocycles. The van der Waals surface area contributed by atoms with E-state index in [4.69, 9.17) is 4.74 Å². The van der Waals surface area contributed by atoms with Crippen molar-refractivity contribution in [1.82, 2.24) is 9.78 Å². The maximum absolute atomic E-state index is 10.3. The normalized spacial score (nSPS) is 14.7. The number of aryl methyl sites for hydroxylation is 1. The zero-order chi connectivity index (χ0) is 13.8. The van der Waals surface area contributed by atoms with Gasteiger partial charge >= 0.3 is 0 Å². The predicted molar refractivity (Wildman–Crippen MR) is 76.1 cm³/mol. The van der Waals surface area contributed by atoms with E-state index in [1.54, 1.807) is 7.11 Å². The van der Waals surface area contributed by atoms with Crippen LogP contribution in [0.3, 0.4) is 0 Å². The first-order chi connectivity index (χ1) is 9.17. The van der Waals surface area contributed by atoms with E-state index in [2.05, 4.69) is 12.0 Å². The molecule has 0 saturated heterocycles. The second-order valence-electron chi connectivity index (χ2n) is 4.92. The molecule has 2 unspecified atom stereocenters. The molecule has 2 atom stereocenters. The Hall–Kier alpha value is -1.39. The van der Waals surface area contributed by atoms with Gasteiger partial charge in [0.2, 0.25) is 0 Å². The summed E-state index contributed by atoms with van der Waals surface area (Å²) in [6.07, 6.45) is 1.76. The van der Waals surface area contributed by atoms with Crippen LogP contribution >= 0.6 is 0 Å². The molecule has 0 aliphatic carbocycles. The maximum atomic E-state index is 10.3. The van der Waals surface area contributed by atoms with Gasteiger partial charge in [0.1, 0.15) is 0 Å². The summed E-state index contributed by atoms with van der Waals surface area (Å²) in [4.78, 5) is 0. The number of aliphatic hydroxyl groups excluding tert-OH is 1. The lowest BCUT2D eigenvalue weighted by molar-refractivity contribution is -0.0162. The highest BCUT2D eigenvalue weighted by Gasteiger charge is 2.20. The topological polar surface area (TPSA) is 47.3 Å². The third-order valence-electron chi connectivity index (χ3n) is 3.54. The van der Waals surface area contributed by atoms with Crippen LogP contribution in [-0.2, 0) is 18.2 Å². The number of aromatic nitrogens is 2. The lowest BCUT2D eigenvalue weighted by Gasteiger charge is -2.20. The molecule has 0 aliphatic heterocycles.